The van der Waals surface area contributed by atoms with E-state index in [0.717, 1.165) is 17.7 Å². The minimum atomic E-state index is -4.89. The summed E-state index contributed by atoms with van der Waals surface area (Å²) >= 11 is 0. The number of rotatable bonds is 4. The number of halogens is 3. The van der Waals surface area contributed by atoms with Gasteiger partial charge in [0.25, 0.3) is 0 Å². The fourth-order valence-electron chi connectivity index (χ4n) is 4.69. The van der Waals surface area contributed by atoms with Crippen molar-refractivity contribution in [3.8, 4) is 23.1 Å². The quantitative estimate of drug-likeness (QED) is 0.564. The molecule has 0 aliphatic carbocycles. The topological polar surface area (TPSA) is 135 Å². The van der Waals surface area contributed by atoms with Crippen LogP contribution in [0.25, 0.3) is 11.3 Å². The number of hydrogen-bond donors (Lipinski definition) is 2. The number of aromatic nitrogens is 4. The Morgan fingerprint density at radius 1 is 1.31 bits per heavy atom. The average molecular weight is 498 g/mol. The third kappa shape index (κ3) is 4.26. The number of nitrogen functional groups attached to an aromatic ring is 1. The fraction of sp³-hybridized carbons (Fsp3) is 0.348. The predicted octanol–water partition coefficient (Wildman–Crippen LogP) is 3.12. The van der Waals surface area contributed by atoms with E-state index in [2.05, 4.69) is 25.1 Å². The smallest absolute Gasteiger partial charge is 0.402 e. The van der Waals surface area contributed by atoms with Crippen LogP contribution in [-0.4, -0.2) is 50.1 Å². The lowest BCUT2D eigenvalue weighted by atomic mass is 9.76. The Kier molecular flexibility index (Phi) is 5.46. The minimum Gasteiger partial charge on any atom is -0.402 e. The van der Waals surface area contributed by atoms with Crippen molar-refractivity contribution in [2.75, 3.05) is 18.8 Å². The van der Waals surface area contributed by atoms with Gasteiger partial charge in [-0.15, -0.1) is 13.2 Å². The lowest BCUT2D eigenvalue weighted by Crippen LogP contribution is -2.62. The van der Waals surface area contributed by atoms with Crippen LogP contribution in [0.15, 0.2) is 36.7 Å². The van der Waals surface area contributed by atoms with Crippen LogP contribution in [0, 0.1) is 11.3 Å². The molecule has 1 saturated heterocycles. The summed E-state index contributed by atoms with van der Waals surface area (Å²) in [4.78, 5) is 22.3. The molecule has 3 aromatic rings. The van der Waals surface area contributed by atoms with E-state index in [9.17, 15) is 18.0 Å². The van der Waals surface area contributed by atoms with E-state index >= 15 is 0 Å². The van der Waals surface area contributed by atoms with E-state index in [0.29, 0.717) is 30.9 Å². The number of nitrogens with zero attached hydrogens (tertiary/aromatic N) is 6. The summed E-state index contributed by atoms with van der Waals surface area (Å²) in [7, 11) is 0. The lowest BCUT2D eigenvalue weighted by Gasteiger charge is -2.47. The molecule has 13 heteroatoms. The van der Waals surface area contributed by atoms with Crippen LogP contribution >= 0.6 is 0 Å². The van der Waals surface area contributed by atoms with Crippen molar-refractivity contribution in [3.05, 3.63) is 53.6 Å². The molecule has 1 atom stereocenters. The number of amides is 2. The number of ether oxygens (including phenoxy) is 1. The first-order valence-corrected chi connectivity index (χ1v) is 11.1. The van der Waals surface area contributed by atoms with E-state index in [1.807, 2.05) is 23.7 Å². The number of nitrogens with two attached hydrogens (primary N) is 1. The van der Waals surface area contributed by atoms with Crippen molar-refractivity contribution in [2.24, 2.45) is 0 Å². The molecule has 2 amide bonds. The summed E-state index contributed by atoms with van der Waals surface area (Å²) in [5, 5.41) is 16.5. The highest BCUT2D eigenvalue weighted by molar-refractivity contribution is 5.76. The molecule has 1 fully saturated rings. The van der Waals surface area contributed by atoms with Crippen LogP contribution in [0.4, 0.5) is 23.8 Å². The van der Waals surface area contributed by atoms with Crippen molar-refractivity contribution in [1.82, 2.24) is 30.0 Å². The van der Waals surface area contributed by atoms with Gasteiger partial charge in [-0.1, -0.05) is 0 Å². The van der Waals surface area contributed by atoms with Crippen molar-refractivity contribution in [2.45, 2.75) is 37.7 Å². The Hall–Kier alpha value is -4.34. The third-order valence-corrected chi connectivity index (χ3v) is 6.54. The van der Waals surface area contributed by atoms with Gasteiger partial charge in [0.2, 0.25) is 0 Å². The van der Waals surface area contributed by atoms with Gasteiger partial charge >= 0.3 is 12.4 Å². The first-order chi connectivity index (χ1) is 17.1. The van der Waals surface area contributed by atoms with Crippen LogP contribution in [0.1, 0.15) is 36.3 Å². The van der Waals surface area contributed by atoms with Gasteiger partial charge in [-0.05, 0) is 43.2 Å². The van der Waals surface area contributed by atoms with Gasteiger partial charge in [-0.25, -0.2) is 14.8 Å². The van der Waals surface area contributed by atoms with Gasteiger partial charge in [-0.2, -0.15) is 10.4 Å². The van der Waals surface area contributed by atoms with Crippen molar-refractivity contribution < 1.29 is 22.7 Å². The summed E-state index contributed by atoms with van der Waals surface area (Å²) < 4.78 is 43.8. The zero-order valence-corrected chi connectivity index (χ0v) is 19.1. The molecule has 3 N–H and O–H groups in total. The van der Waals surface area contributed by atoms with Gasteiger partial charge in [0.1, 0.15) is 11.8 Å². The highest BCUT2D eigenvalue weighted by atomic mass is 19.4. The summed E-state index contributed by atoms with van der Waals surface area (Å²) in [5.74, 6) is -0.954. The van der Waals surface area contributed by atoms with Crippen LogP contribution in [0.3, 0.4) is 0 Å². The predicted molar refractivity (Wildman–Crippen MR) is 120 cm³/mol. The molecule has 1 spiro atoms. The number of fused-ring (bicyclic) bond motifs is 2. The molecule has 186 valence electrons. The van der Waals surface area contributed by atoms with Gasteiger partial charge in [-0.3, -0.25) is 4.68 Å². The normalized spacial score (nSPS) is 16.7. The molecule has 0 radical (unpaired) electrons. The number of carbonyl (C=O) groups excluding carboxylic acids is 1. The molecule has 5 rings (SSSR count). The van der Waals surface area contributed by atoms with Crippen molar-refractivity contribution >= 4 is 11.8 Å². The number of nitrogens with one attached hydrogen (secondary N) is 1. The molecular formula is C23H21F3N8O2. The highest BCUT2D eigenvalue weighted by Crippen LogP contribution is 2.44. The zero-order valence-electron chi connectivity index (χ0n) is 19.1. The van der Waals surface area contributed by atoms with E-state index in [1.165, 1.54) is 18.5 Å². The molecule has 0 unspecified atom stereocenters. The van der Waals surface area contributed by atoms with E-state index in [4.69, 9.17) is 11.0 Å². The molecule has 0 saturated carbocycles. The van der Waals surface area contributed by atoms with Crippen LogP contribution < -0.4 is 15.8 Å². The van der Waals surface area contributed by atoms with Crippen LogP contribution in [0.5, 0.6) is 5.75 Å². The maximum Gasteiger partial charge on any atom is 0.573 e. The number of nitriles is 1. The number of carbonyl (C=O) groups is 1. The number of urea groups is 1. The second-order valence-electron chi connectivity index (χ2n) is 8.94. The molecule has 2 aliphatic heterocycles. The van der Waals surface area contributed by atoms with Gasteiger partial charge in [0.15, 0.2) is 11.6 Å². The zero-order chi connectivity index (χ0) is 25.7. The molecule has 10 nitrogen and oxygen atoms in total. The molecule has 2 aliphatic rings. The number of alkyl halides is 3. The van der Waals surface area contributed by atoms with E-state index in [-0.39, 0.29) is 29.0 Å². The largest absolute Gasteiger partial charge is 0.573 e. The van der Waals surface area contributed by atoms with Gasteiger partial charge < -0.3 is 20.7 Å². The number of anilines is 1. The molecule has 0 bridgehead atoms. The van der Waals surface area contributed by atoms with E-state index in [1.54, 1.807) is 17.0 Å². The molecule has 3 aromatic heterocycles. The van der Waals surface area contributed by atoms with Crippen molar-refractivity contribution in [3.63, 3.8) is 0 Å². The molecule has 0 aromatic carbocycles. The monoisotopic (exact) mass is 498 g/mol. The Bertz CT molecular complexity index is 1370. The average Bonchev–Trinajstić information content (AvgIpc) is 3.38. The third-order valence-electron chi connectivity index (χ3n) is 6.54. The van der Waals surface area contributed by atoms with Crippen molar-refractivity contribution in [1.29, 1.82) is 5.26 Å². The van der Waals surface area contributed by atoms with Gasteiger partial charge in [0.05, 0.1) is 11.7 Å². The Morgan fingerprint density at radius 2 is 2.08 bits per heavy atom. The number of aryl methyl sites for hydroxylation is 1. The van der Waals surface area contributed by atoms with Crippen LogP contribution in [-0.2, 0) is 12.0 Å². The summed E-state index contributed by atoms with van der Waals surface area (Å²) in [6.07, 6.45) is -1.21. The highest BCUT2D eigenvalue weighted by Gasteiger charge is 2.51. The minimum absolute atomic E-state index is 0.224. The Labute approximate surface area is 203 Å². The lowest BCUT2D eigenvalue weighted by molar-refractivity contribution is -0.274. The summed E-state index contributed by atoms with van der Waals surface area (Å²) in [5.41, 5.74) is 8.02. The van der Waals surface area contributed by atoms with Crippen LogP contribution in [0.2, 0.25) is 0 Å². The molecule has 36 heavy (non-hydrogen) atoms. The molecule has 5 heterocycles. The standard InChI is InChI=1S/C23H21F3N8O2/c1-13(14-2-4-29-16(6-14)9-27)31-21(35)33-11-22(12-33)3-5-34-19(22)8-17(32-34)15-7-18(20(28)30-10-15)36-23(24,25)26/h2,4,6-8,10,13H,3,5,11-12H2,1H3,(H2,28,30)(H,31,35)/t13-/m1/s1. The second-order valence-corrected chi connectivity index (χ2v) is 8.94. The summed E-state index contributed by atoms with van der Waals surface area (Å²) in [6.45, 7) is 3.43. The first kappa shape index (κ1) is 23.4. The van der Waals surface area contributed by atoms with E-state index < -0.39 is 12.1 Å². The van der Waals surface area contributed by atoms with Gasteiger partial charge in [0, 0.05) is 48.7 Å². The number of hydrogen-bond acceptors (Lipinski definition) is 7. The maximum absolute atomic E-state index is 12.8. The number of pyridine rings is 2. The number of likely N-dealkylation sites (tertiary alicyclic amines) is 1. The first-order valence-electron chi connectivity index (χ1n) is 11.1. The SMILES string of the molecule is C[C@@H](NC(=O)N1CC2(CCn3nc(-c4cnc(N)c(OC(F)(F)F)c4)cc32)C1)c1ccnc(C#N)c1. The fourth-order valence-corrected chi connectivity index (χ4v) is 4.69. The maximum atomic E-state index is 12.8. The summed E-state index contributed by atoms with van der Waals surface area (Å²) in [6, 6.07) is 7.81. The Balaban J connectivity index is 1.28. The molecular weight excluding hydrogens is 477 g/mol. The second kappa shape index (κ2) is 8.40. The Morgan fingerprint density at radius 3 is 2.81 bits per heavy atom.